The monoisotopic (exact) mass is 175 g/mol. The molecular formula is C8H9N5. The summed E-state index contributed by atoms with van der Waals surface area (Å²) in [7, 11) is 0. The molecule has 0 fully saturated rings. The summed E-state index contributed by atoms with van der Waals surface area (Å²) < 4.78 is 1.66. The van der Waals surface area contributed by atoms with Crippen LogP contribution in [0, 0.1) is 6.92 Å². The smallest absolute Gasteiger partial charge is 0.161 e. The van der Waals surface area contributed by atoms with Crippen LogP contribution >= 0.6 is 0 Å². The Labute approximate surface area is 75.2 Å². The molecule has 2 N–H and O–H groups in total. The third-order valence-electron chi connectivity index (χ3n) is 1.82. The van der Waals surface area contributed by atoms with Gasteiger partial charge in [-0.25, -0.2) is 14.6 Å². The SMILES string of the molecule is Cc1c(N)ncnc1-n1cccn1. The number of hydrogen-bond acceptors (Lipinski definition) is 4. The zero-order valence-corrected chi connectivity index (χ0v) is 7.18. The Balaban J connectivity index is 2.59. The maximum atomic E-state index is 5.63. The lowest BCUT2D eigenvalue weighted by atomic mass is 10.3. The lowest BCUT2D eigenvalue weighted by Crippen LogP contribution is -2.05. The molecule has 0 radical (unpaired) electrons. The maximum Gasteiger partial charge on any atom is 0.161 e. The number of nitrogen functional groups attached to an aromatic ring is 1. The van der Waals surface area contributed by atoms with Crippen LogP contribution in [-0.4, -0.2) is 19.7 Å². The molecule has 0 bridgehead atoms. The van der Waals surface area contributed by atoms with Crippen molar-refractivity contribution in [1.29, 1.82) is 0 Å². The van der Waals surface area contributed by atoms with Gasteiger partial charge < -0.3 is 5.73 Å². The summed E-state index contributed by atoms with van der Waals surface area (Å²) in [5.41, 5.74) is 6.47. The number of nitrogens with two attached hydrogens (primary N) is 1. The molecule has 0 spiro atoms. The largest absolute Gasteiger partial charge is 0.383 e. The van der Waals surface area contributed by atoms with Crippen molar-refractivity contribution in [3.05, 3.63) is 30.4 Å². The number of hydrogen-bond donors (Lipinski definition) is 1. The lowest BCUT2D eigenvalue weighted by Gasteiger charge is -2.04. The van der Waals surface area contributed by atoms with E-state index in [0.717, 1.165) is 11.4 Å². The summed E-state index contributed by atoms with van der Waals surface area (Å²) in [6, 6.07) is 1.83. The molecule has 0 saturated carbocycles. The van der Waals surface area contributed by atoms with E-state index in [9.17, 15) is 0 Å². The van der Waals surface area contributed by atoms with Crippen LogP contribution in [-0.2, 0) is 0 Å². The summed E-state index contributed by atoms with van der Waals surface area (Å²) in [6.07, 6.45) is 4.94. The highest BCUT2D eigenvalue weighted by atomic mass is 15.3. The first-order valence-corrected chi connectivity index (χ1v) is 3.86. The van der Waals surface area contributed by atoms with Crippen LogP contribution in [0.1, 0.15) is 5.56 Å². The molecule has 0 aromatic carbocycles. The Hall–Kier alpha value is -1.91. The van der Waals surface area contributed by atoms with E-state index in [1.54, 1.807) is 10.9 Å². The fourth-order valence-electron chi connectivity index (χ4n) is 1.08. The molecule has 0 atom stereocenters. The van der Waals surface area contributed by atoms with Crippen molar-refractivity contribution in [3.8, 4) is 5.82 Å². The van der Waals surface area contributed by atoms with Gasteiger partial charge in [0.2, 0.25) is 0 Å². The fourth-order valence-corrected chi connectivity index (χ4v) is 1.08. The van der Waals surface area contributed by atoms with E-state index in [2.05, 4.69) is 15.1 Å². The van der Waals surface area contributed by atoms with E-state index in [1.165, 1.54) is 6.33 Å². The van der Waals surface area contributed by atoms with Crippen LogP contribution in [0.25, 0.3) is 5.82 Å². The van der Waals surface area contributed by atoms with E-state index in [0.29, 0.717) is 5.82 Å². The Morgan fingerprint density at radius 3 is 2.92 bits per heavy atom. The predicted molar refractivity (Wildman–Crippen MR) is 48.3 cm³/mol. The lowest BCUT2D eigenvalue weighted by molar-refractivity contribution is 0.831. The fraction of sp³-hybridized carbons (Fsp3) is 0.125. The van der Waals surface area contributed by atoms with Gasteiger partial charge in [-0.2, -0.15) is 5.10 Å². The van der Waals surface area contributed by atoms with Crippen molar-refractivity contribution in [3.63, 3.8) is 0 Å². The van der Waals surface area contributed by atoms with Gasteiger partial charge >= 0.3 is 0 Å². The molecule has 0 unspecified atom stereocenters. The second-order valence-electron chi connectivity index (χ2n) is 2.66. The van der Waals surface area contributed by atoms with Gasteiger partial charge in [0, 0.05) is 18.0 Å². The highest BCUT2D eigenvalue weighted by molar-refractivity contribution is 5.46. The summed E-state index contributed by atoms with van der Waals surface area (Å²) in [6.45, 7) is 1.87. The molecule has 0 aliphatic carbocycles. The first-order valence-electron chi connectivity index (χ1n) is 3.86. The molecule has 2 aromatic heterocycles. The molecular weight excluding hydrogens is 166 g/mol. The van der Waals surface area contributed by atoms with Gasteiger partial charge in [0.05, 0.1) is 0 Å². The molecule has 0 aliphatic heterocycles. The van der Waals surface area contributed by atoms with Crippen molar-refractivity contribution in [2.24, 2.45) is 0 Å². The Morgan fingerprint density at radius 1 is 1.38 bits per heavy atom. The second-order valence-corrected chi connectivity index (χ2v) is 2.66. The standard InChI is InChI=1S/C8H9N5/c1-6-7(9)10-5-11-8(6)13-4-2-3-12-13/h2-5H,1H3,(H2,9,10,11). The van der Waals surface area contributed by atoms with Gasteiger partial charge in [0.25, 0.3) is 0 Å². The predicted octanol–water partition coefficient (Wildman–Crippen LogP) is 0.553. The number of aromatic nitrogens is 4. The van der Waals surface area contributed by atoms with Crippen LogP contribution in [0.15, 0.2) is 24.8 Å². The molecule has 5 nitrogen and oxygen atoms in total. The van der Waals surface area contributed by atoms with Crippen LogP contribution in [0.3, 0.4) is 0 Å². The van der Waals surface area contributed by atoms with Crippen molar-refractivity contribution in [2.45, 2.75) is 6.92 Å². The molecule has 2 heterocycles. The topological polar surface area (TPSA) is 69.6 Å². The van der Waals surface area contributed by atoms with Crippen LogP contribution in [0.4, 0.5) is 5.82 Å². The van der Waals surface area contributed by atoms with Gasteiger partial charge in [0.1, 0.15) is 12.1 Å². The quantitative estimate of drug-likeness (QED) is 0.687. The Morgan fingerprint density at radius 2 is 2.23 bits per heavy atom. The van der Waals surface area contributed by atoms with Crippen molar-refractivity contribution >= 4 is 5.82 Å². The number of nitrogens with zero attached hydrogens (tertiary/aromatic N) is 4. The van der Waals surface area contributed by atoms with Gasteiger partial charge in [0.15, 0.2) is 5.82 Å². The molecule has 0 aliphatic rings. The van der Waals surface area contributed by atoms with Gasteiger partial charge in [-0.05, 0) is 13.0 Å². The van der Waals surface area contributed by atoms with E-state index in [4.69, 9.17) is 5.73 Å². The van der Waals surface area contributed by atoms with Gasteiger partial charge in [-0.15, -0.1) is 0 Å². The zero-order valence-electron chi connectivity index (χ0n) is 7.18. The minimum atomic E-state index is 0.487. The van der Waals surface area contributed by atoms with E-state index in [1.807, 2.05) is 19.2 Å². The summed E-state index contributed by atoms with van der Waals surface area (Å²) in [4.78, 5) is 7.97. The molecule has 0 amide bonds. The summed E-state index contributed by atoms with van der Waals surface area (Å²) in [5, 5.41) is 4.06. The van der Waals surface area contributed by atoms with Crippen LogP contribution in [0.5, 0.6) is 0 Å². The van der Waals surface area contributed by atoms with Crippen LogP contribution in [0.2, 0.25) is 0 Å². The van der Waals surface area contributed by atoms with Crippen LogP contribution < -0.4 is 5.73 Å². The molecule has 2 aromatic rings. The highest BCUT2D eigenvalue weighted by Gasteiger charge is 2.05. The summed E-state index contributed by atoms with van der Waals surface area (Å²) >= 11 is 0. The average Bonchev–Trinajstić information content (AvgIpc) is 2.62. The molecule has 13 heavy (non-hydrogen) atoms. The van der Waals surface area contributed by atoms with Crippen molar-refractivity contribution in [1.82, 2.24) is 19.7 Å². The zero-order chi connectivity index (χ0) is 9.26. The summed E-state index contributed by atoms with van der Waals surface area (Å²) in [5.74, 6) is 1.21. The van der Waals surface area contributed by atoms with E-state index in [-0.39, 0.29) is 0 Å². The molecule has 2 rings (SSSR count). The second kappa shape index (κ2) is 2.85. The molecule has 66 valence electrons. The third-order valence-corrected chi connectivity index (χ3v) is 1.82. The minimum Gasteiger partial charge on any atom is -0.383 e. The van der Waals surface area contributed by atoms with E-state index < -0.39 is 0 Å². The van der Waals surface area contributed by atoms with Crippen molar-refractivity contribution in [2.75, 3.05) is 5.73 Å². The van der Waals surface area contributed by atoms with Gasteiger partial charge in [-0.3, -0.25) is 0 Å². The molecule has 0 saturated heterocycles. The molecule has 5 heteroatoms. The normalized spacial score (nSPS) is 10.2. The minimum absolute atomic E-state index is 0.487. The first kappa shape index (κ1) is 7.72. The highest BCUT2D eigenvalue weighted by Crippen LogP contribution is 2.12. The average molecular weight is 175 g/mol. The Bertz CT molecular complexity index is 406. The third kappa shape index (κ3) is 1.24. The Kier molecular flexibility index (Phi) is 1.70. The van der Waals surface area contributed by atoms with Crippen molar-refractivity contribution < 1.29 is 0 Å². The first-order chi connectivity index (χ1) is 6.29. The van der Waals surface area contributed by atoms with Gasteiger partial charge in [-0.1, -0.05) is 0 Å². The number of anilines is 1. The van der Waals surface area contributed by atoms with E-state index >= 15 is 0 Å². The number of rotatable bonds is 1. The maximum absolute atomic E-state index is 5.63.